The van der Waals surface area contributed by atoms with Gasteiger partial charge in [0.2, 0.25) is 0 Å². The van der Waals surface area contributed by atoms with E-state index in [0.717, 1.165) is 21.5 Å². The van der Waals surface area contributed by atoms with Gasteiger partial charge in [-0.25, -0.2) is 0 Å². The zero-order chi connectivity index (χ0) is 15.4. The first-order chi connectivity index (χ1) is 9.97. The molecule has 21 heavy (non-hydrogen) atoms. The van der Waals surface area contributed by atoms with Gasteiger partial charge >= 0.3 is 0 Å². The van der Waals surface area contributed by atoms with Gasteiger partial charge in [0.15, 0.2) is 5.11 Å². The minimum atomic E-state index is -0.244. The van der Waals surface area contributed by atoms with Gasteiger partial charge in [0.25, 0.3) is 5.91 Å². The molecular formula is C15H14BrN3OS. The molecule has 0 spiro atoms. The summed E-state index contributed by atoms with van der Waals surface area (Å²) in [6.07, 6.45) is 0. The lowest BCUT2D eigenvalue weighted by Crippen LogP contribution is -2.34. The van der Waals surface area contributed by atoms with Gasteiger partial charge in [0, 0.05) is 11.3 Å². The lowest BCUT2D eigenvalue weighted by Gasteiger charge is -2.13. The topological polar surface area (TPSA) is 54.0 Å². The van der Waals surface area contributed by atoms with Gasteiger partial charge in [-0.05, 0) is 60.2 Å². The van der Waals surface area contributed by atoms with E-state index >= 15 is 0 Å². The molecule has 1 aromatic heterocycles. The Hall–Kier alpha value is -1.79. The van der Waals surface area contributed by atoms with Crippen LogP contribution in [0.2, 0.25) is 0 Å². The first-order valence-electron chi connectivity index (χ1n) is 6.28. The Morgan fingerprint density at radius 3 is 2.57 bits per heavy atom. The van der Waals surface area contributed by atoms with Gasteiger partial charge in [-0.3, -0.25) is 15.1 Å². The molecule has 1 amide bonds. The maximum atomic E-state index is 12.0. The molecule has 4 nitrogen and oxygen atoms in total. The molecule has 0 atom stereocenters. The largest absolute Gasteiger partial charge is 0.331 e. The fraction of sp³-hybridized carbons (Fsp3) is 0.133. The Labute approximate surface area is 137 Å². The van der Waals surface area contributed by atoms with Crippen molar-refractivity contribution in [2.24, 2.45) is 0 Å². The van der Waals surface area contributed by atoms with Crippen LogP contribution in [0.5, 0.6) is 0 Å². The molecule has 108 valence electrons. The van der Waals surface area contributed by atoms with Crippen molar-refractivity contribution in [1.29, 1.82) is 0 Å². The molecule has 2 N–H and O–H groups in total. The zero-order valence-corrected chi connectivity index (χ0v) is 14.0. The second kappa shape index (κ2) is 6.78. The minimum Gasteiger partial charge on any atom is -0.331 e. The molecule has 0 saturated heterocycles. The van der Waals surface area contributed by atoms with E-state index in [-0.39, 0.29) is 11.0 Å². The van der Waals surface area contributed by atoms with Crippen LogP contribution < -0.4 is 10.6 Å². The fourth-order valence-corrected chi connectivity index (χ4v) is 2.33. The van der Waals surface area contributed by atoms with Crippen molar-refractivity contribution < 1.29 is 4.79 Å². The number of hydrogen-bond acceptors (Lipinski definition) is 3. The van der Waals surface area contributed by atoms with Crippen molar-refractivity contribution in [1.82, 2.24) is 10.3 Å². The SMILES string of the molecule is Cc1cc(NC(=S)NC(=O)c2ccccc2)c(Br)c(C)n1. The Balaban J connectivity index is 2.08. The van der Waals surface area contributed by atoms with E-state index in [1.165, 1.54) is 0 Å². The molecule has 1 heterocycles. The van der Waals surface area contributed by atoms with E-state index in [9.17, 15) is 4.79 Å². The van der Waals surface area contributed by atoms with Crippen LogP contribution in [0.3, 0.4) is 0 Å². The number of pyridine rings is 1. The van der Waals surface area contributed by atoms with Crippen molar-refractivity contribution in [3.8, 4) is 0 Å². The number of carbonyl (C=O) groups excluding carboxylic acids is 1. The highest BCUT2D eigenvalue weighted by molar-refractivity contribution is 9.10. The van der Waals surface area contributed by atoms with E-state index in [1.807, 2.05) is 26.0 Å². The Bertz CT molecular complexity index is 689. The van der Waals surface area contributed by atoms with Gasteiger partial charge in [-0.1, -0.05) is 18.2 Å². The summed E-state index contributed by atoms with van der Waals surface area (Å²) in [5.74, 6) is -0.244. The quantitative estimate of drug-likeness (QED) is 0.800. The van der Waals surface area contributed by atoms with E-state index in [0.29, 0.717) is 5.56 Å². The Morgan fingerprint density at radius 2 is 1.90 bits per heavy atom. The number of nitrogens with zero attached hydrogens (tertiary/aromatic N) is 1. The normalized spacial score (nSPS) is 10.0. The van der Waals surface area contributed by atoms with Gasteiger partial charge in [-0.2, -0.15) is 0 Å². The summed E-state index contributed by atoms with van der Waals surface area (Å²) in [5, 5.41) is 5.90. The molecule has 2 aromatic rings. The number of carbonyl (C=O) groups is 1. The number of nitrogens with one attached hydrogen (secondary N) is 2. The predicted molar refractivity (Wildman–Crippen MR) is 91.5 cm³/mol. The summed E-state index contributed by atoms with van der Waals surface area (Å²) in [7, 11) is 0. The number of rotatable bonds is 2. The first kappa shape index (κ1) is 15.6. The fourth-order valence-electron chi connectivity index (χ4n) is 1.82. The number of benzene rings is 1. The maximum absolute atomic E-state index is 12.0. The predicted octanol–water partition coefficient (Wildman–Crippen LogP) is 3.59. The summed E-state index contributed by atoms with van der Waals surface area (Å²) in [4.78, 5) is 16.3. The van der Waals surface area contributed by atoms with Gasteiger partial charge in [0.1, 0.15) is 0 Å². The zero-order valence-electron chi connectivity index (χ0n) is 11.6. The van der Waals surface area contributed by atoms with Crippen LogP contribution in [-0.4, -0.2) is 16.0 Å². The summed E-state index contributed by atoms with van der Waals surface area (Å²) < 4.78 is 0.824. The minimum absolute atomic E-state index is 0.244. The molecule has 0 aliphatic carbocycles. The van der Waals surface area contributed by atoms with E-state index in [2.05, 4.69) is 31.5 Å². The van der Waals surface area contributed by atoms with E-state index in [4.69, 9.17) is 12.2 Å². The number of anilines is 1. The van der Waals surface area contributed by atoms with Crippen LogP contribution in [0.1, 0.15) is 21.7 Å². The Morgan fingerprint density at radius 1 is 1.24 bits per heavy atom. The Kier molecular flexibility index (Phi) is 5.03. The number of amides is 1. The lowest BCUT2D eigenvalue weighted by atomic mass is 10.2. The van der Waals surface area contributed by atoms with Crippen LogP contribution >= 0.6 is 28.1 Å². The molecule has 0 fully saturated rings. The van der Waals surface area contributed by atoms with Gasteiger partial charge in [0.05, 0.1) is 15.9 Å². The molecule has 0 aliphatic heterocycles. The average molecular weight is 364 g/mol. The third-order valence-corrected chi connectivity index (χ3v) is 3.97. The van der Waals surface area contributed by atoms with Gasteiger partial charge < -0.3 is 5.32 Å². The monoisotopic (exact) mass is 363 g/mol. The van der Waals surface area contributed by atoms with Crippen molar-refractivity contribution >= 4 is 44.9 Å². The van der Waals surface area contributed by atoms with Crippen molar-refractivity contribution in [3.05, 3.63) is 57.8 Å². The molecule has 0 aliphatic rings. The van der Waals surface area contributed by atoms with Crippen molar-refractivity contribution in [2.75, 3.05) is 5.32 Å². The maximum Gasteiger partial charge on any atom is 0.257 e. The highest BCUT2D eigenvalue weighted by atomic mass is 79.9. The van der Waals surface area contributed by atoms with Gasteiger partial charge in [-0.15, -0.1) is 0 Å². The smallest absolute Gasteiger partial charge is 0.257 e. The van der Waals surface area contributed by atoms with Crippen LogP contribution in [0, 0.1) is 13.8 Å². The molecular weight excluding hydrogens is 350 g/mol. The highest BCUT2D eigenvalue weighted by Crippen LogP contribution is 2.25. The van der Waals surface area contributed by atoms with E-state index in [1.54, 1.807) is 24.3 Å². The first-order valence-corrected chi connectivity index (χ1v) is 7.48. The van der Waals surface area contributed by atoms with Crippen molar-refractivity contribution in [2.45, 2.75) is 13.8 Å². The lowest BCUT2D eigenvalue weighted by molar-refractivity contribution is 0.0978. The number of halogens is 1. The highest BCUT2D eigenvalue weighted by Gasteiger charge is 2.10. The summed E-state index contributed by atoms with van der Waals surface area (Å²) >= 11 is 8.63. The van der Waals surface area contributed by atoms with Crippen LogP contribution in [0.4, 0.5) is 5.69 Å². The summed E-state index contributed by atoms with van der Waals surface area (Å²) in [6.45, 7) is 3.80. The molecule has 0 unspecified atom stereocenters. The number of aryl methyl sites for hydroxylation is 2. The van der Waals surface area contributed by atoms with Crippen LogP contribution in [0.15, 0.2) is 40.9 Å². The molecule has 0 radical (unpaired) electrons. The number of hydrogen-bond donors (Lipinski definition) is 2. The van der Waals surface area contributed by atoms with Crippen LogP contribution in [-0.2, 0) is 0 Å². The third-order valence-electron chi connectivity index (χ3n) is 2.76. The molecule has 1 aromatic carbocycles. The molecule has 0 saturated carbocycles. The summed E-state index contributed by atoms with van der Waals surface area (Å²) in [5.41, 5.74) is 3.06. The average Bonchev–Trinajstić information content (AvgIpc) is 2.45. The third kappa shape index (κ3) is 4.09. The molecule has 2 rings (SSSR count). The molecule has 0 bridgehead atoms. The number of aromatic nitrogens is 1. The second-order valence-electron chi connectivity index (χ2n) is 4.48. The molecule has 6 heteroatoms. The number of thiocarbonyl (C=S) groups is 1. The summed E-state index contributed by atoms with van der Waals surface area (Å²) in [6, 6.07) is 10.8. The standard InChI is InChI=1S/C15H14BrN3OS/c1-9-8-12(13(16)10(2)17-9)18-15(21)19-14(20)11-6-4-3-5-7-11/h3-8H,1-2H3,(H2,17,18,19,20,21). The van der Waals surface area contributed by atoms with Crippen LogP contribution in [0.25, 0.3) is 0 Å². The van der Waals surface area contributed by atoms with Crippen molar-refractivity contribution in [3.63, 3.8) is 0 Å². The second-order valence-corrected chi connectivity index (χ2v) is 5.69. The van der Waals surface area contributed by atoms with E-state index < -0.39 is 0 Å².